The molecule has 0 aliphatic rings. The lowest BCUT2D eigenvalue weighted by Gasteiger charge is -2.04. The van der Waals surface area contributed by atoms with Crippen LogP contribution < -0.4 is 0 Å². The van der Waals surface area contributed by atoms with Gasteiger partial charge in [-0.1, -0.05) is 42.5 Å². The zero-order valence-electron chi connectivity index (χ0n) is 11.0. The van der Waals surface area contributed by atoms with Crippen LogP contribution in [0.3, 0.4) is 0 Å². The highest BCUT2D eigenvalue weighted by molar-refractivity contribution is 5.53. The van der Waals surface area contributed by atoms with Crippen molar-refractivity contribution in [3.63, 3.8) is 0 Å². The Kier molecular flexibility index (Phi) is 3.26. The summed E-state index contributed by atoms with van der Waals surface area (Å²) < 4.78 is 0. The van der Waals surface area contributed by atoms with Crippen LogP contribution in [-0.2, 0) is 0 Å². The second-order valence-electron chi connectivity index (χ2n) is 4.54. The lowest BCUT2D eigenvalue weighted by atomic mass is 10.1. The summed E-state index contributed by atoms with van der Waals surface area (Å²) >= 11 is 0. The molecule has 5 nitrogen and oxygen atoms in total. The highest BCUT2D eigenvalue weighted by atomic mass is 16.3. The minimum atomic E-state index is -0.479. The van der Waals surface area contributed by atoms with Crippen LogP contribution in [0.15, 0.2) is 54.6 Å². The van der Waals surface area contributed by atoms with Crippen molar-refractivity contribution in [1.29, 1.82) is 0 Å². The topological polar surface area (TPSA) is 63.8 Å². The van der Waals surface area contributed by atoms with Gasteiger partial charge in [0, 0.05) is 5.56 Å². The number of rotatable bonds is 3. The number of aromatic nitrogens is 4. The summed E-state index contributed by atoms with van der Waals surface area (Å²) in [6.45, 7) is 1.73. The molecule has 0 bridgehead atoms. The molecule has 1 heterocycles. The molecule has 1 atom stereocenters. The van der Waals surface area contributed by atoms with Gasteiger partial charge in [-0.3, -0.25) is 0 Å². The van der Waals surface area contributed by atoms with Gasteiger partial charge in [-0.25, -0.2) is 0 Å². The Hall–Kier alpha value is -2.53. The molecule has 0 unspecified atom stereocenters. The average Bonchev–Trinajstić information content (AvgIpc) is 2.98. The summed E-state index contributed by atoms with van der Waals surface area (Å²) in [4.78, 5) is 1.48. The Morgan fingerprint density at radius 3 is 2.35 bits per heavy atom. The SMILES string of the molecule is C[C@@H](O)c1ccc(-n2nnc(-c3ccccc3)n2)cc1. The van der Waals surface area contributed by atoms with Crippen molar-refractivity contribution >= 4 is 0 Å². The standard InChI is InChI=1S/C15H14N4O/c1-11(20)12-7-9-14(10-8-12)19-17-15(16-18-19)13-5-3-2-4-6-13/h2-11,20H,1H3/t11-/m1/s1. The fourth-order valence-corrected chi connectivity index (χ4v) is 1.91. The molecule has 0 radical (unpaired) electrons. The van der Waals surface area contributed by atoms with Gasteiger partial charge in [0.25, 0.3) is 0 Å². The molecule has 0 fully saturated rings. The molecule has 0 saturated heterocycles. The third kappa shape index (κ3) is 2.44. The highest BCUT2D eigenvalue weighted by Crippen LogP contribution is 2.16. The van der Waals surface area contributed by atoms with Crippen molar-refractivity contribution in [3.05, 3.63) is 60.2 Å². The third-order valence-corrected chi connectivity index (χ3v) is 3.05. The van der Waals surface area contributed by atoms with E-state index in [4.69, 9.17) is 0 Å². The van der Waals surface area contributed by atoms with E-state index in [-0.39, 0.29) is 0 Å². The van der Waals surface area contributed by atoms with E-state index in [0.29, 0.717) is 5.82 Å². The molecule has 0 amide bonds. The third-order valence-electron chi connectivity index (χ3n) is 3.05. The van der Waals surface area contributed by atoms with Crippen molar-refractivity contribution in [2.24, 2.45) is 0 Å². The predicted octanol–water partition coefficient (Wildman–Crippen LogP) is 2.38. The van der Waals surface area contributed by atoms with Gasteiger partial charge in [0.1, 0.15) is 0 Å². The van der Waals surface area contributed by atoms with E-state index >= 15 is 0 Å². The van der Waals surface area contributed by atoms with Gasteiger partial charge in [0.2, 0.25) is 5.82 Å². The number of hydrogen-bond acceptors (Lipinski definition) is 4. The Labute approximate surface area is 116 Å². The number of nitrogens with zero attached hydrogens (tertiary/aromatic N) is 4. The Morgan fingerprint density at radius 1 is 1.00 bits per heavy atom. The molecule has 0 saturated carbocycles. The van der Waals surface area contributed by atoms with Crippen LogP contribution in [0, 0.1) is 0 Å². The first-order valence-electron chi connectivity index (χ1n) is 6.38. The minimum absolute atomic E-state index is 0.479. The second-order valence-corrected chi connectivity index (χ2v) is 4.54. The van der Waals surface area contributed by atoms with Crippen LogP contribution in [0.5, 0.6) is 0 Å². The van der Waals surface area contributed by atoms with Crippen LogP contribution in [0.4, 0.5) is 0 Å². The van der Waals surface area contributed by atoms with Crippen molar-refractivity contribution in [3.8, 4) is 17.1 Å². The van der Waals surface area contributed by atoms with Gasteiger partial charge >= 0.3 is 0 Å². The maximum absolute atomic E-state index is 9.49. The van der Waals surface area contributed by atoms with Crippen LogP contribution in [0.25, 0.3) is 17.1 Å². The van der Waals surface area contributed by atoms with Crippen molar-refractivity contribution in [1.82, 2.24) is 20.2 Å². The number of benzene rings is 2. The van der Waals surface area contributed by atoms with E-state index in [0.717, 1.165) is 16.8 Å². The van der Waals surface area contributed by atoms with Crippen LogP contribution in [-0.4, -0.2) is 25.3 Å². The number of aliphatic hydroxyl groups excluding tert-OH is 1. The molecule has 0 aliphatic carbocycles. The molecule has 3 aromatic rings. The molecule has 0 aliphatic heterocycles. The normalized spacial score (nSPS) is 12.3. The maximum Gasteiger partial charge on any atom is 0.205 e. The Morgan fingerprint density at radius 2 is 1.70 bits per heavy atom. The molecule has 1 N–H and O–H groups in total. The van der Waals surface area contributed by atoms with Gasteiger partial charge in [-0.2, -0.15) is 0 Å². The molecule has 1 aromatic heterocycles. The molecule has 3 rings (SSSR count). The van der Waals surface area contributed by atoms with Gasteiger partial charge in [0.15, 0.2) is 0 Å². The van der Waals surface area contributed by atoms with E-state index in [9.17, 15) is 5.11 Å². The molecular weight excluding hydrogens is 252 g/mol. The average molecular weight is 266 g/mol. The lowest BCUT2D eigenvalue weighted by molar-refractivity contribution is 0.199. The highest BCUT2D eigenvalue weighted by Gasteiger charge is 2.07. The van der Waals surface area contributed by atoms with Gasteiger partial charge < -0.3 is 5.11 Å². The second kappa shape index (κ2) is 5.22. The molecule has 0 spiro atoms. The summed E-state index contributed by atoms with van der Waals surface area (Å²) in [6, 6.07) is 17.1. The Balaban J connectivity index is 1.90. The quantitative estimate of drug-likeness (QED) is 0.790. The summed E-state index contributed by atoms with van der Waals surface area (Å²) in [5.41, 5.74) is 2.60. The summed E-state index contributed by atoms with van der Waals surface area (Å²) in [5, 5.41) is 21.9. The lowest BCUT2D eigenvalue weighted by Crippen LogP contribution is -2.00. The molecular formula is C15H14N4O. The fraction of sp³-hybridized carbons (Fsp3) is 0.133. The molecule has 2 aromatic carbocycles. The number of aliphatic hydroxyl groups is 1. The monoisotopic (exact) mass is 266 g/mol. The molecule has 20 heavy (non-hydrogen) atoms. The van der Waals surface area contributed by atoms with E-state index in [1.807, 2.05) is 54.6 Å². The van der Waals surface area contributed by atoms with E-state index in [1.54, 1.807) is 6.92 Å². The largest absolute Gasteiger partial charge is 0.389 e. The zero-order valence-corrected chi connectivity index (χ0v) is 11.0. The van der Waals surface area contributed by atoms with Gasteiger partial charge in [-0.15, -0.1) is 15.0 Å². The zero-order chi connectivity index (χ0) is 13.9. The van der Waals surface area contributed by atoms with Crippen LogP contribution >= 0.6 is 0 Å². The first kappa shape index (κ1) is 12.5. The summed E-state index contributed by atoms with van der Waals surface area (Å²) in [6.07, 6.45) is -0.479. The summed E-state index contributed by atoms with van der Waals surface area (Å²) in [7, 11) is 0. The smallest absolute Gasteiger partial charge is 0.205 e. The summed E-state index contributed by atoms with van der Waals surface area (Å²) in [5.74, 6) is 0.588. The van der Waals surface area contributed by atoms with Gasteiger partial charge in [-0.05, 0) is 29.8 Å². The fourth-order valence-electron chi connectivity index (χ4n) is 1.91. The molecule has 100 valence electrons. The minimum Gasteiger partial charge on any atom is -0.389 e. The van der Waals surface area contributed by atoms with Crippen molar-refractivity contribution in [2.45, 2.75) is 13.0 Å². The maximum atomic E-state index is 9.49. The van der Waals surface area contributed by atoms with Crippen molar-refractivity contribution in [2.75, 3.05) is 0 Å². The predicted molar refractivity (Wildman–Crippen MR) is 75.2 cm³/mol. The Bertz CT molecular complexity index is 689. The first-order chi connectivity index (χ1) is 9.74. The van der Waals surface area contributed by atoms with Gasteiger partial charge in [0.05, 0.1) is 11.8 Å². The number of hydrogen-bond donors (Lipinski definition) is 1. The first-order valence-corrected chi connectivity index (χ1v) is 6.38. The van der Waals surface area contributed by atoms with Crippen LogP contribution in [0.2, 0.25) is 0 Å². The van der Waals surface area contributed by atoms with E-state index in [1.165, 1.54) is 4.80 Å². The number of tetrazole rings is 1. The van der Waals surface area contributed by atoms with Crippen LogP contribution in [0.1, 0.15) is 18.6 Å². The van der Waals surface area contributed by atoms with E-state index < -0.39 is 6.10 Å². The molecule has 5 heteroatoms. The van der Waals surface area contributed by atoms with Crippen molar-refractivity contribution < 1.29 is 5.11 Å². The van der Waals surface area contributed by atoms with E-state index in [2.05, 4.69) is 15.4 Å².